The van der Waals surface area contributed by atoms with Gasteiger partial charge in [-0.15, -0.1) is 0 Å². The number of allylic oxidation sites excluding steroid dienone is 2. The van der Waals surface area contributed by atoms with Gasteiger partial charge in [-0.2, -0.15) is 0 Å². The van der Waals surface area contributed by atoms with Crippen molar-refractivity contribution in [3.05, 3.63) is 329 Å². The van der Waals surface area contributed by atoms with Gasteiger partial charge in [0, 0.05) is 120 Å². The smallest absolute Gasteiger partial charge is 0.0949 e. The minimum atomic E-state index is 0. The zero-order chi connectivity index (χ0) is 84.8. The van der Waals surface area contributed by atoms with E-state index in [4.69, 9.17) is 66.3 Å². The van der Waals surface area contributed by atoms with Gasteiger partial charge in [0.1, 0.15) is 0 Å². The predicted octanol–water partition coefficient (Wildman–Crippen LogP) is 24.9. The molecule has 20 rings (SSSR count). The highest BCUT2D eigenvalue weighted by Crippen LogP contribution is 2.51. The first-order chi connectivity index (χ1) is 60.7. The summed E-state index contributed by atoms with van der Waals surface area (Å²) in [5, 5.41) is 17.4. The van der Waals surface area contributed by atoms with Gasteiger partial charge in [-0.3, -0.25) is 19.9 Å². The van der Waals surface area contributed by atoms with E-state index in [1.54, 1.807) is 0 Å². The van der Waals surface area contributed by atoms with E-state index in [0.717, 1.165) is 186 Å². The van der Waals surface area contributed by atoms with Crippen LogP contribution in [0.3, 0.4) is 0 Å². The first-order valence-electron chi connectivity index (χ1n) is 45.9. The Morgan fingerprint density at radius 1 is 0.320 bits per heavy atom. The van der Waals surface area contributed by atoms with Crippen molar-refractivity contribution >= 4 is 69.7 Å². The number of aryl methyl sites for hydroxylation is 8. The molecule has 12 aromatic rings. The molecule has 676 valence electrons. The van der Waals surface area contributed by atoms with E-state index in [9.17, 15) is 0 Å². The van der Waals surface area contributed by atoms with Crippen molar-refractivity contribution in [1.82, 2.24) is 79.4 Å². The van der Waals surface area contributed by atoms with E-state index in [1.165, 1.54) is 152 Å². The summed E-state index contributed by atoms with van der Waals surface area (Å²) in [5.74, 6) is 4.75. The molecule has 4 aromatic carbocycles. The Balaban J connectivity index is 0.000000144. The fourth-order valence-corrected chi connectivity index (χ4v) is 22.5. The summed E-state index contributed by atoms with van der Waals surface area (Å²) >= 11 is 25.8. The van der Waals surface area contributed by atoms with Crippen LogP contribution in [0.5, 0.6) is 0 Å². The monoisotopic (exact) mass is 1800 g/mol. The molecular formula is C108H136Cl4N16. The second-order valence-electron chi connectivity index (χ2n) is 36.0. The number of imidazole rings is 4. The van der Waals surface area contributed by atoms with Crippen molar-refractivity contribution in [2.45, 2.75) is 235 Å². The molecule has 0 spiro atoms. The Hall–Kier alpha value is -9.20. The molecule has 8 aliphatic rings. The van der Waals surface area contributed by atoms with Crippen LogP contribution in [0.25, 0.3) is 23.3 Å². The van der Waals surface area contributed by atoms with Crippen LogP contribution < -0.4 is 21.3 Å². The maximum atomic E-state index is 6.47. The quantitative estimate of drug-likeness (QED) is 0.0570. The minimum Gasteiger partial charge on any atom is -0.337 e. The number of fused-ring (bicyclic) bond motifs is 8. The fraction of sp³-hybridized carbons (Fsp3) is 0.444. The number of hydrogen-bond acceptors (Lipinski definition) is 12. The Labute approximate surface area is 782 Å². The standard InChI is InChI=1S/2C26H31ClN4.2C26H29ClN4.4CH4/c4*1-18-16-31(17-30-18)13-3-4-20-14-21-15-22(27)6-7-23(21)25(19-8-11-28-12-9-19)26-24(20)5-2-10-29-26;;;;/h2*2,5-7,10,15-17,19-20,25,28H,3-4,8-9,11-14H2,1H3;2*2,5-7,10,14-17,19,25,28H,3-4,8-9,11-13H2,1H3;4*1H4. The lowest BCUT2D eigenvalue weighted by atomic mass is 9.76. The van der Waals surface area contributed by atoms with Crippen molar-refractivity contribution in [3.63, 3.8) is 0 Å². The third kappa shape index (κ3) is 23.4. The zero-order valence-corrected chi connectivity index (χ0v) is 75.5. The molecule has 4 aliphatic heterocycles. The van der Waals surface area contributed by atoms with Crippen LogP contribution in [0.2, 0.25) is 20.1 Å². The third-order valence-corrected chi connectivity index (χ3v) is 28.5. The highest BCUT2D eigenvalue weighted by atomic mass is 35.5. The summed E-state index contributed by atoms with van der Waals surface area (Å²) in [6.07, 6.45) is 49.1. The molecule has 4 N–H and O–H groups in total. The lowest BCUT2D eigenvalue weighted by molar-refractivity contribution is 0.338. The summed E-state index contributed by atoms with van der Waals surface area (Å²) in [6, 6.07) is 43.5. The number of nitrogens with one attached hydrogen (secondary N) is 4. The first kappa shape index (κ1) is 96.4. The van der Waals surface area contributed by atoms with Gasteiger partial charge in [0.05, 0.1) is 70.9 Å². The molecule has 6 unspecified atom stereocenters. The third-order valence-electron chi connectivity index (χ3n) is 27.5. The van der Waals surface area contributed by atoms with Gasteiger partial charge in [0.25, 0.3) is 0 Å². The number of halogens is 4. The van der Waals surface area contributed by atoms with Crippen LogP contribution in [-0.4, -0.2) is 110 Å². The van der Waals surface area contributed by atoms with Crippen LogP contribution in [0.15, 0.2) is 196 Å². The molecule has 6 atom stereocenters. The van der Waals surface area contributed by atoms with Gasteiger partial charge in [0.2, 0.25) is 0 Å². The van der Waals surface area contributed by atoms with Crippen LogP contribution in [-0.2, 0) is 39.0 Å². The van der Waals surface area contributed by atoms with Crippen molar-refractivity contribution in [2.24, 2.45) is 23.7 Å². The number of rotatable bonds is 20. The number of piperidine rings is 4. The molecule has 4 fully saturated rings. The first-order valence-corrected chi connectivity index (χ1v) is 47.4. The maximum absolute atomic E-state index is 6.47. The molecule has 4 saturated heterocycles. The summed E-state index contributed by atoms with van der Waals surface area (Å²) in [7, 11) is 0. The number of benzene rings is 4. The molecule has 12 heterocycles. The zero-order valence-electron chi connectivity index (χ0n) is 72.5. The molecule has 128 heavy (non-hydrogen) atoms. The van der Waals surface area contributed by atoms with Crippen molar-refractivity contribution in [1.29, 1.82) is 0 Å². The molecule has 20 heteroatoms. The highest BCUT2D eigenvalue weighted by molar-refractivity contribution is 6.31. The van der Waals surface area contributed by atoms with E-state index < -0.39 is 0 Å². The van der Waals surface area contributed by atoms with Gasteiger partial charge < -0.3 is 39.5 Å². The molecule has 0 bridgehead atoms. The second kappa shape index (κ2) is 46.1. The summed E-state index contributed by atoms with van der Waals surface area (Å²) in [5.41, 5.74) is 28.6. The summed E-state index contributed by atoms with van der Waals surface area (Å²) in [4.78, 5) is 37.4. The van der Waals surface area contributed by atoms with Gasteiger partial charge in [-0.25, -0.2) is 19.9 Å². The van der Waals surface area contributed by atoms with Crippen LogP contribution in [0.1, 0.15) is 280 Å². The van der Waals surface area contributed by atoms with Gasteiger partial charge in [-0.1, -0.05) is 137 Å². The number of pyridine rings is 4. The van der Waals surface area contributed by atoms with Crippen molar-refractivity contribution < 1.29 is 0 Å². The van der Waals surface area contributed by atoms with Crippen molar-refractivity contribution in [3.8, 4) is 0 Å². The molecule has 8 aromatic heterocycles. The Bertz CT molecular complexity index is 5260. The molecule has 16 nitrogen and oxygen atoms in total. The fourth-order valence-electron chi connectivity index (χ4n) is 21.7. The Morgan fingerprint density at radius 3 is 0.930 bits per heavy atom. The van der Waals surface area contributed by atoms with E-state index in [0.29, 0.717) is 59.2 Å². The SMILES string of the molecule is C.C.C.C.Cc1cn(CCCC2=Cc3cc(Cl)ccc3C(C3CCNCC3)c3ncccc32)cn1.Cc1cn(CCCC2=Cc3cc(Cl)ccc3C(C3CCNCC3)c3ncccc32)cn1.Cc1cn(CCCC2Cc3cc(Cl)ccc3C(C3CCNCC3)c3ncccc32)cn1.Cc1cn(CCCC2Cc3cc(Cl)ccc3C(C3CCNCC3)c3ncccc32)cn1. The lowest BCUT2D eigenvalue weighted by Gasteiger charge is -2.32. The average Bonchev–Trinajstić information content (AvgIpc) is 1.64. The lowest BCUT2D eigenvalue weighted by Crippen LogP contribution is -2.32. The normalized spacial score (nSPS) is 19.4. The molecule has 0 radical (unpaired) electrons. The largest absolute Gasteiger partial charge is 0.337 e. The van der Waals surface area contributed by atoms with E-state index in [-0.39, 0.29) is 29.7 Å². The highest BCUT2D eigenvalue weighted by Gasteiger charge is 2.40. The summed E-state index contributed by atoms with van der Waals surface area (Å²) in [6.45, 7) is 20.8. The van der Waals surface area contributed by atoms with E-state index >= 15 is 0 Å². The molecule has 0 saturated carbocycles. The van der Waals surface area contributed by atoms with Crippen LogP contribution in [0, 0.1) is 51.4 Å². The van der Waals surface area contributed by atoms with E-state index in [2.05, 4.69) is 206 Å². The molecule has 0 amide bonds. The Morgan fingerprint density at radius 2 is 0.609 bits per heavy atom. The minimum absolute atomic E-state index is 0. The topological polar surface area (TPSA) is 171 Å². The molecular weight excluding hydrogens is 1660 g/mol. The van der Waals surface area contributed by atoms with Crippen LogP contribution >= 0.6 is 46.4 Å². The van der Waals surface area contributed by atoms with Gasteiger partial charge in [-0.05, 0) is 382 Å². The van der Waals surface area contributed by atoms with Crippen LogP contribution in [0.4, 0.5) is 0 Å². The predicted molar refractivity (Wildman–Crippen MR) is 533 cm³/mol. The van der Waals surface area contributed by atoms with Gasteiger partial charge >= 0.3 is 0 Å². The number of hydrogen-bond donors (Lipinski definition) is 4. The second-order valence-corrected chi connectivity index (χ2v) is 37.7. The van der Waals surface area contributed by atoms with Gasteiger partial charge in [0.15, 0.2) is 0 Å². The Kier molecular flexibility index (Phi) is 34.7. The number of aromatic nitrogens is 12. The number of nitrogens with zero attached hydrogens (tertiary/aromatic N) is 12. The summed E-state index contributed by atoms with van der Waals surface area (Å²) < 4.78 is 8.77. The average molecular weight is 1800 g/mol. The van der Waals surface area contributed by atoms with E-state index in [1.807, 2.05) is 89.9 Å². The maximum Gasteiger partial charge on any atom is 0.0949 e. The molecule has 4 aliphatic carbocycles. The van der Waals surface area contributed by atoms with Crippen molar-refractivity contribution in [2.75, 3.05) is 52.4 Å².